The molecule has 1 aromatic heterocycles. The van der Waals surface area contributed by atoms with Gasteiger partial charge in [0.2, 0.25) is 0 Å². The second kappa shape index (κ2) is 10.8. The van der Waals surface area contributed by atoms with Crippen molar-refractivity contribution in [2.24, 2.45) is 0 Å². The molecule has 1 heterocycles. The molecule has 2 aromatic carbocycles. The number of hydrogen-bond donors (Lipinski definition) is 2. The van der Waals surface area contributed by atoms with Crippen molar-refractivity contribution in [3.05, 3.63) is 75.1 Å². The fourth-order valence-electron chi connectivity index (χ4n) is 2.92. The highest BCUT2D eigenvalue weighted by Crippen LogP contribution is 2.19. The van der Waals surface area contributed by atoms with E-state index < -0.39 is 17.2 Å². The number of aromatic nitrogens is 2. The van der Waals surface area contributed by atoms with Crippen molar-refractivity contribution >= 4 is 27.5 Å². The largest absolute Gasteiger partial charge is 0.505 e. The Morgan fingerprint density at radius 1 is 1.10 bits per heavy atom. The van der Waals surface area contributed by atoms with Crippen LogP contribution in [0, 0.1) is 0 Å². The average Bonchev–Trinajstić information content (AvgIpc) is 2.75. The molecule has 162 valence electrons. The lowest BCUT2D eigenvalue weighted by Gasteiger charge is -2.10. The van der Waals surface area contributed by atoms with Crippen molar-refractivity contribution in [2.75, 3.05) is 11.9 Å². The SMILES string of the molecule is CCCCCCOc1ccc(NC(=O)c2nn(-c3ccc(Br)cc3)c(=O)cc2O)cc1. The summed E-state index contributed by atoms with van der Waals surface area (Å²) in [6.07, 6.45) is 4.53. The fraction of sp³-hybridized carbons (Fsp3) is 0.261. The number of nitrogens with one attached hydrogen (secondary N) is 1. The van der Waals surface area contributed by atoms with Gasteiger partial charge in [-0.15, -0.1) is 0 Å². The first kappa shape index (κ1) is 22.6. The van der Waals surface area contributed by atoms with Crippen molar-refractivity contribution in [3.63, 3.8) is 0 Å². The molecule has 3 rings (SSSR count). The topological polar surface area (TPSA) is 93.5 Å². The van der Waals surface area contributed by atoms with Gasteiger partial charge in [-0.05, 0) is 55.0 Å². The van der Waals surface area contributed by atoms with Gasteiger partial charge in [0, 0.05) is 16.2 Å². The molecular formula is C23H24BrN3O4. The van der Waals surface area contributed by atoms with Gasteiger partial charge in [0.05, 0.1) is 12.3 Å². The third-order valence-corrected chi connectivity index (χ3v) is 5.11. The highest BCUT2D eigenvalue weighted by Gasteiger charge is 2.17. The lowest BCUT2D eigenvalue weighted by molar-refractivity contribution is 0.101. The third kappa shape index (κ3) is 6.18. The molecule has 0 aliphatic heterocycles. The van der Waals surface area contributed by atoms with Gasteiger partial charge in [-0.25, -0.2) is 0 Å². The maximum Gasteiger partial charge on any atom is 0.279 e. The highest BCUT2D eigenvalue weighted by atomic mass is 79.9. The number of anilines is 1. The zero-order valence-corrected chi connectivity index (χ0v) is 18.8. The summed E-state index contributed by atoms with van der Waals surface area (Å²) in [5, 5.41) is 16.8. The van der Waals surface area contributed by atoms with Gasteiger partial charge in [-0.2, -0.15) is 9.78 Å². The van der Waals surface area contributed by atoms with Crippen molar-refractivity contribution in [2.45, 2.75) is 32.6 Å². The lowest BCUT2D eigenvalue weighted by atomic mass is 10.2. The van der Waals surface area contributed by atoms with Gasteiger partial charge in [-0.3, -0.25) is 9.59 Å². The molecule has 7 nitrogen and oxygen atoms in total. The molecule has 0 aliphatic rings. The molecule has 0 aliphatic carbocycles. The van der Waals surface area contributed by atoms with Crippen LogP contribution in [0.25, 0.3) is 5.69 Å². The number of rotatable bonds is 9. The number of ether oxygens (including phenoxy) is 1. The number of halogens is 1. The summed E-state index contributed by atoms with van der Waals surface area (Å²) < 4.78 is 7.60. The second-order valence-electron chi connectivity index (χ2n) is 6.99. The molecule has 0 fully saturated rings. The van der Waals surface area contributed by atoms with Gasteiger partial charge in [0.25, 0.3) is 11.5 Å². The van der Waals surface area contributed by atoms with Gasteiger partial charge in [0.15, 0.2) is 11.4 Å². The van der Waals surface area contributed by atoms with Crippen LogP contribution in [0.15, 0.2) is 63.9 Å². The number of nitrogens with zero attached hydrogens (tertiary/aromatic N) is 2. The standard InChI is InChI=1S/C23H24BrN3O4/c1-2-3-4-5-14-31-19-12-8-17(9-13-19)25-23(30)22-20(28)15-21(29)27(26-22)18-10-6-16(24)7-11-18/h6-13,15,28H,2-5,14H2,1H3,(H,25,30). The molecule has 0 saturated carbocycles. The van der Waals surface area contributed by atoms with Crippen LogP contribution in [0.5, 0.6) is 11.5 Å². The molecule has 0 radical (unpaired) electrons. The van der Waals surface area contributed by atoms with E-state index in [4.69, 9.17) is 4.74 Å². The van der Waals surface area contributed by atoms with E-state index in [2.05, 4.69) is 33.3 Å². The number of hydrogen-bond acceptors (Lipinski definition) is 5. The average molecular weight is 486 g/mol. The van der Waals surface area contributed by atoms with E-state index >= 15 is 0 Å². The molecule has 1 amide bonds. The molecule has 0 unspecified atom stereocenters. The van der Waals surface area contributed by atoms with Crippen LogP contribution in [0.1, 0.15) is 43.1 Å². The zero-order valence-electron chi connectivity index (χ0n) is 17.2. The van der Waals surface area contributed by atoms with Crippen molar-refractivity contribution in [3.8, 4) is 17.2 Å². The number of amides is 1. The van der Waals surface area contributed by atoms with Gasteiger partial charge in [0.1, 0.15) is 5.75 Å². The molecule has 0 bridgehead atoms. The van der Waals surface area contributed by atoms with E-state index in [0.29, 0.717) is 18.0 Å². The smallest absolute Gasteiger partial charge is 0.279 e. The number of carbonyl (C=O) groups excluding carboxylic acids is 1. The first-order valence-corrected chi connectivity index (χ1v) is 10.9. The quantitative estimate of drug-likeness (QED) is 0.419. The van der Waals surface area contributed by atoms with Crippen LogP contribution in [0.2, 0.25) is 0 Å². The summed E-state index contributed by atoms with van der Waals surface area (Å²) in [5.74, 6) is -0.390. The Morgan fingerprint density at radius 3 is 2.48 bits per heavy atom. The molecular weight excluding hydrogens is 462 g/mol. The van der Waals surface area contributed by atoms with E-state index in [1.807, 2.05) is 0 Å². The summed E-state index contributed by atoms with van der Waals surface area (Å²) in [7, 11) is 0. The zero-order chi connectivity index (χ0) is 22.2. The van der Waals surface area contributed by atoms with Crippen LogP contribution in [-0.2, 0) is 0 Å². The predicted octanol–water partition coefficient (Wildman–Crippen LogP) is 4.91. The first-order chi connectivity index (χ1) is 15.0. The minimum atomic E-state index is -0.628. The van der Waals surface area contributed by atoms with Crippen LogP contribution in [0.4, 0.5) is 5.69 Å². The highest BCUT2D eigenvalue weighted by molar-refractivity contribution is 9.10. The van der Waals surface area contributed by atoms with Gasteiger partial charge >= 0.3 is 0 Å². The minimum Gasteiger partial charge on any atom is -0.505 e. The summed E-state index contributed by atoms with van der Waals surface area (Å²) in [5.41, 5.74) is 0.198. The molecule has 31 heavy (non-hydrogen) atoms. The first-order valence-electron chi connectivity index (χ1n) is 10.1. The normalized spacial score (nSPS) is 10.6. The van der Waals surface area contributed by atoms with Crippen molar-refractivity contribution in [1.82, 2.24) is 9.78 Å². The molecule has 8 heteroatoms. The Hall–Kier alpha value is -3.13. The number of aromatic hydroxyl groups is 1. The molecule has 0 spiro atoms. The Bertz CT molecular complexity index is 1080. The van der Waals surface area contributed by atoms with Gasteiger partial charge in [-0.1, -0.05) is 42.1 Å². The molecule has 2 N–H and O–H groups in total. The maximum atomic E-state index is 12.7. The Balaban J connectivity index is 1.69. The number of benzene rings is 2. The maximum absolute atomic E-state index is 12.7. The van der Waals surface area contributed by atoms with Crippen LogP contribution in [-0.4, -0.2) is 27.4 Å². The van der Waals surface area contributed by atoms with Gasteiger partial charge < -0.3 is 15.2 Å². The Kier molecular flexibility index (Phi) is 7.83. The number of unbranched alkanes of at least 4 members (excludes halogenated alkanes) is 3. The molecule has 3 aromatic rings. The third-order valence-electron chi connectivity index (χ3n) is 4.58. The molecule has 0 atom stereocenters. The van der Waals surface area contributed by atoms with E-state index in [1.54, 1.807) is 48.5 Å². The van der Waals surface area contributed by atoms with Crippen molar-refractivity contribution < 1.29 is 14.6 Å². The Labute approximate surface area is 188 Å². The predicted molar refractivity (Wildman–Crippen MR) is 123 cm³/mol. The van der Waals surface area contributed by atoms with E-state index in [-0.39, 0.29) is 5.69 Å². The van der Waals surface area contributed by atoms with E-state index in [0.717, 1.165) is 33.8 Å². The van der Waals surface area contributed by atoms with Crippen LogP contribution < -0.4 is 15.6 Å². The molecule has 0 saturated heterocycles. The van der Waals surface area contributed by atoms with E-state index in [1.165, 1.54) is 12.8 Å². The monoisotopic (exact) mass is 485 g/mol. The van der Waals surface area contributed by atoms with Crippen molar-refractivity contribution in [1.29, 1.82) is 0 Å². The summed E-state index contributed by atoms with van der Waals surface area (Å²) in [6, 6.07) is 14.8. The Morgan fingerprint density at radius 2 is 1.81 bits per heavy atom. The second-order valence-corrected chi connectivity index (χ2v) is 7.91. The summed E-state index contributed by atoms with van der Waals surface area (Å²) in [4.78, 5) is 24.9. The minimum absolute atomic E-state index is 0.251. The number of carbonyl (C=O) groups is 1. The fourth-order valence-corrected chi connectivity index (χ4v) is 3.18. The van der Waals surface area contributed by atoms with Crippen LogP contribution in [0.3, 0.4) is 0 Å². The summed E-state index contributed by atoms with van der Waals surface area (Å²) >= 11 is 3.33. The lowest BCUT2D eigenvalue weighted by Crippen LogP contribution is -2.25. The summed E-state index contributed by atoms with van der Waals surface area (Å²) in [6.45, 7) is 2.82. The van der Waals surface area contributed by atoms with Crippen LogP contribution >= 0.6 is 15.9 Å². The van der Waals surface area contributed by atoms with E-state index in [9.17, 15) is 14.7 Å².